The van der Waals surface area contributed by atoms with Gasteiger partial charge in [0.15, 0.2) is 5.82 Å². The fraction of sp³-hybridized carbons (Fsp3) is 0.538. The number of carbonyl (C=O) groups is 1. The van der Waals surface area contributed by atoms with Gasteiger partial charge in [0.05, 0.1) is 10.6 Å². The molecule has 6 nitrogen and oxygen atoms in total. The smallest absolute Gasteiger partial charge is 0.255 e. The number of carbonyl (C=O) groups excluding carboxylic acids is 1. The fourth-order valence-corrected chi connectivity index (χ4v) is 2.63. The summed E-state index contributed by atoms with van der Waals surface area (Å²) in [4.78, 5) is 20.7. The standard InChI is InChI=1S/C13H20ClN5O/c1-8-6-19(7-9(2)18(8)3)13(20)10-4-11(14)12(17-15)16-5-10/h4-5,8-9H,6-7,15H2,1-3H3,(H,16,17). The zero-order valence-corrected chi connectivity index (χ0v) is 12.7. The van der Waals surface area contributed by atoms with Gasteiger partial charge in [-0.3, -0.25) is 9.69 Å². The summed E-state index contributed by atoms with van der Waals surface area (Å²) in [7, 11) is 2.08. The Labute approximate surface area is 123 Å². The van der Waals surface area contributed by atoms with Gasteiger partial charge in [-0.05, 0) is 27.0 Å². The van der Waals surface area contributed by atoms with E-state index in [9.17, 15) is 4.79 Å². The molecule has 0 radical (unpaired) electrons. The number of nitrogen functional groups attached to an aromatic ring is 1. The Morgan fingerprint density at radius 1 is 1.45 bits per heavy atom. The van der Waals surface area contributed by atoms with Crippen molar-refractivity contribution in [1.29, 1.82) is 0 Å². The molecule has 2 unspecified atom stereocenters. The van der Waals surface area contributed by atoms with E-state index < -0.39 is 0 Å². The van der Waals surface area contributed by atoms with Gasteiger partial charge < -0.3 is 10.3 Å². The summed E-state index contributed by atoms with van der Waals surface area (Å²) in [5.41, 5.74) is 2.87. The van der Waals surface area contributed by atoms with Gasteiger partial charge in [-0.2, -0.15) is 0 Å². The van der Waals surface area contributed by atoms with Crippen LogP contribution >= 0.6 is 11.6 Å². The molecule has 20 heavy (non-hydrogen) atoms. The number of halogens is 1. The number of hydrogen-bond donors (Lipinski definition) is 2. The summed E-state index contributed by atoms with van der Waals surface area (Å²) in [6, 6.07) is 2.26. The van der Waals surface area contributed by atoms with Crippen molar-refractivity contribution in [3.63, 3.8) is 0 Å². The number of amides is 1. The molecule has 2 heterocycles. The fourth-order valence-electron chi connectivity index (χ4n) is 2.41. The lowest BCUT2D eigenvalue weighted by atomic mass is 10.1. The molecule has 2 atom stereocenters. The molecule has 1 aromatic heterocycles. The molecule has 0 aromatic carbocycles. The first-order valence-corrected chi connectivity index (χ1v) is 6.95. The van der Waals surface area contributed by atoms with Gasteiger partial charge in [0, 0.05) is 31.4 Å². The SMILES string of the molecule is CC1CN(C(=O)c2cnc(NN)c(Cl)c2)CC(C)N1C. The van der Waals surface area contributed by atoms with E-state index in [1.165, 1.54) is 6.20 Å². The molecule has 0 aliphatic carbocycles. The highest BCUT2D eigenvalue weighted by Gasteiger charge is 2.30. The number of anilines is 1. The summed E-state index contributed by atoms with van der Waals surface area (Å²) >= 11 is 6.01. The van der Waals surface area contributed by atoms with Crippen LogP contribution in [0.4, 0.5) is 5.82 Å². The predicted octanol–water partition coefficient (Wildman–Crippen LogP) is 1.19. The van der Waals surface area contributed by atoms with Crippen LogP contribution < -0.4 is 11.3 Å². The Bertz CT molecular complexity index is 498. The third kappa shape index (κ3) is 2.87. The molecule has 7 heteroatoms. The van der Waals surface area contributed by atoms with E-state index in [0.29, 0.717) is 41.6 Å². The van der Waals surface area contributed by atoms with Crippen LogP contribution in [0.2, 0.25) is 5.02 Å². The van der Waals surface area contributed by atoms with Crippen LogP contribution in [0.3, 0.4) is 0 Å². The highest BCUT2D eigenvalue weighted by Crippen LogP contribution is 2.21. The van der Waals surface area contributed by atoms with Gasteiger partial charge in [0.2, 0.25) is 0 Å². The van der Waals surface area contributed by atoms with Crippen LogP contribution in [-0.2, 0) is 0 Å². The van der Waals surface area contributed by atoms with Crippen LogP contribution in [0, 0.1) is 0 Å². The van der Waals surface area contributed by atoms with Crippen LogP contribution in [0.5, 0.6) is 0 Å². The van der Waals surface area contributed by atoms with E-state index in [1.54, 1.807) is 6.07 Å². The third-order valence-corrected chi connectivity index (χ3v) is 4.16. The van der Waals surface area contributed by atoms with E-state index in [1.807, 2.05) is 4.90 Å². The summed E-state index contributed by atoms with van der Waals surface area (Å²) in [6.07, 6.45) is 1.50. The molecule has 1 saturated heterocycles. The van der Waals surface area contributed by atoms with Gasteiger partial charge in [-0.25, -0.2) is 10.8 Å². The second-order valence-corrected chi connectivity index (χ2v) is 5.68. The van der Waals surface area contributed by atoms with Crippen molar-refractivity contribution < 1.29 is 4.79 Å². The predicted molar refractivity (Wildman–Crippen MR) is 79.6 cm³/mol. The number of hydrogen-bond acceptors (Lipinski definition) is 5. The summed E-state index contributed by atoms with van der Waals surface area (Å²) < 4.78 is 0. The number of hydrazine groups is 1. The van der Waals surface area contributed by atoms with Gasteiger partial charge in [0.1, 0.15) is 0 Å². The minimum absolute atomic E-state index is 0.0465. The number of likely N-dealkylation sites (N-methyl/N-ethyl adjacent to an activating group) is 1. The average Bonchev–Trinajstić information content (AvgIpc) is 2.43. The van der Waals surface area contributed by atoms with Crippen molar-refractivity contribution in [2.45, 2.75) is 25.9 Å². The van der Waals surface area contributed by atoms with Crippen LogP contribution in [0.1, 0.15) is 24.2 Å². The number of pyridine rings is 1. The van der Waals surface area contributed by atoms with E-state index in [2.05, 4.69) is 36.2 Å². The van der Waals surface area contributed by atoms with Gasteiger partial charge in [-0.1, -0.05) is 11.6 Å². The lowest BCUT2D eigenvalue weighted by molar-refractivity contribution is 0.0414. The molecular formula is C13H20ClN5O. The Balaban J connectivity index is 2.17. The van der Waals surface area contributed by atoms with E-state index >= 15 is 0 Å². The Morgan fingerprint density at radius 2 is 2.05 bits per heavy atom. The van der Waals surface area contributed by atoms with Gasteiger partial charge >= 0.3 is 0 Å². The zero-order chi connectivity index (χ0) is 14.9. The molecule has 0 bridgehead atoms. The molecule has 2 rings (SSSR count). The first-order chi connectivity index (χ1) is 9.43. The summed E-state index contributed by atoms with van der Waals surface area (Å²) in [6.45, 7) is 5.63. The average molecular weight is 298 g/mol. The Hall–Kier alpha value is -1.37. The maximum atomic E-state index is 12.5. The first-order valence-electron chi connectivity index (χ1n) is 6.57. The van der Waals surface area contributed by atoms with E-state index in [-0.39, 0.29) is 5.91 Å². The quantitative estimate of drug-likeness (QED) is 0.633. The Kier molecular flexibility index (Phi) is 4.47. The minimum Gasteiger partial charge on any atom is -0.335 e. The summed E-state index contributed by atoms with van der Waals surface area (Å²) in [5, 5.41) is 0.341. The maximum absolute atomic E-state index is 12.5. The molecular weight excluding hydrogens is 278 g/mol. The highest BCUT2D eigenvalue weighted by atomic mass is 35.5. The van der Waals surface area contributed by atoms with Crippen molar-refractivity contribution in [2.75, 3.05) is 25.6 Å². The molecule has 0 spiro atoms. The van der Waals surface area contributed by atoms with Crippen molar-refractivity contribution in [1.82, 2.24) is 14.8 Å². The normalized spacial score (nSPS) is 23.8. The van der Waals surface area contributed by atoms with Crippen molar-refractivity contribution >= 4 is 23.3 Å². The maximum Gasteiger partial charge on any atom is 0.255 e. The van der Waals surface area contributed by atoms with Crippen molar-refractivity contribution in [3.05, 3.63) is 22.8 Å². The van der Waals surface area contributed by atoms with E-state index in [0.717, 1.165) is 0 Å². The topological polar surface area (TPSA) is 74.5 Å². The minimum atomic E-state index is -0.0465. The number of rotatable bonds is 2. The second-order valence-electron chi connectivity index (χ2n) is 5.27. The second kappa shape index (κ2) is 5.95. The number of nitrogens with two attached hydrogens (primary N) is 1. The molecule has 1 amide bonds. The molecule has 1 aliphatic rings. The van der Waals surface area contributed by atoms with Crippen molar-refractivity contribution in [2.24, 2.45) is 5.84 Å². The molecule has 110 valence electrons. The van der Waals surface area contributed by atoms with Gasteiger partial charge in [0.25, 0.3) is 5.91 Å². The van der Waals surface area contributed by atoms with Crippen LogP contribution in [-0.4, -0.2) is 52.9 Å². The lowest BCUT2D eigenvalue weighted by Crippen LogP contribution is -2.56. The van der Waals surface area contributed by atoms with Gasteiger partial charge in [-0.15, -0.1) is 0 Å². The number of nitrogens with one attached hydrogen (secondary N) is 1. The lowest BCUT2D eigenvalue weighted by Gasteiger charge is -2.42. The monoisotopic (exact) mass is 297 g/mol. The molecule has 3 N–H and O–H groups in total. The highest BCUT2D eigenvalue weighted by molar-refractivity contribution is 6.33. The molecule has 0 saturated carbocycles. The molecule has 1 aliphatic heterocycles. The molecule has 1 fully saturated rings. The number of aromatic nitrogens is 1. The zero-order valence-electron chi connectivity index (χ0n) is 11.9. The Morgan fingerprint density at radius 3 is 2.55 bits per heavy atom. The van der Waals surface area contributed by atoms with Crippen molar-refractivity contribution in [3.8, 4) is 0 Å². The number of nitrogens with zero attached hydrogens (tertiary/aromatic N) is 3. The summed E-state index contributed by atoms with van der Waals surface area (Å²) in [5.74, 6) is 5.59. The number of piperazine rings is 1. The third-order valence-electron chi connectivity index (χ3n) is 3.87. The largest absolute Gasteiger partial charge is 0.335 e. The van der Waals surface area contributed by atoms with Crippen LogP contribution in [0.25, 0.3) is 0 Å². The van der Waals surface area contributed by atoms with Crippen LogP contribution in [0.15, 0.2) is 12.3 Å². The first kappa shape index (κ1) is 15.0. The van der Waals surface area contributed by atoms with E-state index in [4.69, 9.17) is 17.4 Å². The molecule has 1 aromatic rings.